The summed E-state index contributed by atoms with van der Waals surface area (Å²) in [7, 11) is 0. The van der Waals surface area contributed by atoms with E-state index in [1.165, 1.54) is 0 Å². The summed E-state index contributed by atoms with van der Waals surface area (Å²) in [6.07, 6.45) is 6.21. The van der Waals surface area contributed by atoms with E-state index in [-0.39, 0.29) is 11.1 Å². The third-order valence-corrected chi connectivity index (χ3v) is 2.56. The molecule has 1 aliphatic rings. The van der Waals surface area contributed by atoms with Crippen LogP contribution in [0.3, 0.4) is 0 Å². The van der Waals surface area contributed by atoms with Gasteiger partial charge in [0.2, 0.25) is 0 Å². The second-order valence-corrected chi connectivity index (χ2v) is 4.33. The fourth-order valence-corrected chi connectivity index (χ4v) is 1.74. The maximum absolute atomic E-state index is 13.1. The Morgan fingerprint density at radius 2 is 2.33 bits per heavy atom. The highest BCUT2D eigenvalue weighted by Gasteiger charge is 2.06. The van der Waals surface area contributed by atoms with Crippen molar-refractivity contribution in [2.45, 2.75) is 32.2 Å². The molecule has 0 aromatic carbocycles. The molecule has 0 unspecified atom stereocenters. The third-order valence-electron chi connectivity index (χ3n) is 2.29. The normalized spacial score (nSPS) is 18.7. The topological polar surface area (TPSA) is 26.0 Å². The van der Waals surface area contributed by atoms with E-state index >= 15 is 0 Å². The molecule has 0 spiro atoms. The van der Waals surface area contributed by atoms with Crippen LogP contribution in [0.25, 0.3) is 0 Å². The summed E-state index contributed by atoms with van der Waals surface area (Å²) in [4.78, 5) is 0. The summed E-state index contributed by atoms with van der Waals surface area (Å²) < 4.78 is 13.1. The van der Waals surface area contributed by atoms with Crippen LogP contribution in [0.4, 0.5) is 4.39 Å². The molecule has 0 bridgehead atoms. The zero-order valence-electron chi connectivity index (χ0n) is 8.89. The van der Waals surface area contributed by atoms with Crippen LogP contribution in [0, 0.1) is 6.42 Å². The first-order chi connectivity index (χ1) is 7.00. The molecule has 1 nitrogen and oxygen atoms in total. The molecule has 0 aromatic heterocycles. The predicted octanol–water partition coefficient (Wildman–Crippen LogP) is 3.62. The number of hydrogen-bond acceptors (Lipinski definition) is 1. The van der Waals surface area contributed by atoms with Crippen LogP contribution in [0.15, 0.2) is 34.7 Å². The number of nitrogens with two attached hydrogens (primary N) is 1. The van der Waals surface area contributed by atoms with Crippen molar-refractivity contribution in [3.8, 4) is 0 Å². The molecule has 0 aliphatic heterocycles. The summed E-state index contributed by atoms with van der Waals surface area (Å²) in [5.74, 6) is -0.424. The fourth-order valence-electron chi connectivity index (χ4n) is 1.48. The first kappa shape index (κ1) is 12.3. The molecule has 84 valence electrons. The summed E-state index contributed by atoms with van der Waals surface area (Å²) in [5.41, 5.74) is 7.02. The number of allylic oxidation sites excluding steroid dienone is 5. The first-order valence-electron chi connectivity index (χ1n) is 5.06. The molecule has 1 aliphatic carbocycles. The Bertz CT molecular complexity index is 316. The highest BCUT2D eigenvalue weighted by Crippen LogP contribution is 2.32. The van der Waals surface area contributed by atoms with Gasteiger partial charge in [-0.1, -0.05) is 6.42 Å². The molecular weight excluding hydrogens is 213 g/mol. The smallest absolute Gasteiger partial charge is 0.0337 e. The summed E-state index contributed by atoms with van der Waals surface area (Å²) >= 11 is 5.72. The summed E-state index contributed by atoms with van der Waals surface area (Å²) in [6, 6.07) is 0.208. The lowest BCUT2D eigenvalue weighted by Gasteiger charge is -2.23. The van der Waals surface area contributed by atoms with E-state index in [2.05, 4.69) is 6.58 Å². The minimum atomic E-state index is -0.424. The Labute approximate surface area is 95.5 Å². The van der Waals surface area contributed by atoms with Crippen LogP contribution in [0.5, 0.6) is 0 Å². The van der Waals surface area contributed by atoms with Gasteiger partial charge in [0.05, 0.1) is 0 Å². The Morgan fingerprint density at radius 3 is 2.87 bits per heavy atom. The number of halogens is 2. The summed E-state index contributed by atoms with van der Waals surface area (Å²) in [5, 5.41) is 0.151. The monoisotopic (exact) mass is 228 g/mol. The second-order valence-electron chi connectivity index (χ2n) is 3.92. The largest absolute Gasteiger partial charge is 0.328 e. The lowest BCUT2D eigenvalue weighted by Crippen LogP contribution is -2.14. The van der Waals surface area contributed by atoms with Crippen LogP contribution < -0.4 is 5.73 Å². The minimum Gasteiger partial charge on any atom is -0.328 e. The van der Waals surface area contributed by atoms with Crippen molar-refractivity contribution in [2.75, 3.05) is 0 Å². The van der Waals surface area contributed by atoms with Crippen molar-refractivity contribution in [3.05, 3.63) is 41.1 Å². The third kappa shape index (κ3) is 3.73. The Kier molecular flexibility index (Phi) is 4.43. The van der Waals surface area contributed by atoms with Crippen molar-refractivity contribution in [3.63, 3.8) is 0 Å². The molecule has 1 rings (SSSR count). The predicted molar refractivity (Wildman–Crippen MR) is 63.0 cm³/mol. The van der Waals surface area contributed by atoms with Crippen LogP contribution >= 0.6 is 11.6 Å². The molecule has 3 heteroatoms. The van der Waals surface area contributed by atoms with Gasteiger partial charge in [-0.15, -0.1) is 30.2 Å². The average molecular weight is 229 g/mol. The zero-order chi connectivity index (χ0) is 11.4. The molecule has 1 atom stereocenters. The standard InChI is InChI=1S/C12H16ClFN/c1-8-6-10(5-3-4-9(2)15)7-11(13)12(8)14/h6-7,9H,1,3-5,15H2,2H3/q-1/t9-/m0/s1. The van der Waals surface area contributed by atoms with Gasteiger partial charge in [-0.25, -0.2) is 0 Å². The van der Waals surface area contributed by atoms with Gasteiger partial charge in [0.1, 0.15) is 0 Å². The van der Waals surface area contributed by atoms with Gasteiger partial charge in [-0.05, 0) is 24.8 Å². The highest BCUT2D eigenvalue weighted by molar-refractivity contribution is 6.31. The molecular formula is C12H16ClFN-. The molecule has 0 radical (unpaired) electrons. The molecule has 0 aromatic rings. The number of hydrogen-bond donors (Lipinski definition) is 1. The second kappa shape index (κ2) is 5.38. The highest BCUT2D eigenvalue weighted by atomic mass is 35.5. The number of rotatable bonds is 4. The van der Waals surface area contributed by atoms with E-state index < -0.39 is 5.83 Å². The lowest BCUT2D eigenvalue weighted by atomic mass is 9.96. The van der Waals surface area contributed by atoms with E-state index in [1.807, 2.05) is 6.92 Å². The first-order valence-corrected chi connectivity index (χ1v) is 5.44. The lowest BCUT2D eigenvalue weighted by molar-refractivity contribution is 0.619. The molecule has 0 saturated carbocycles. The van der Waals surface area contributed by atoms with Crippen molar-refractivity contribution < 1.29 is 4.39 Å². The van der Waals surface area contributed by atoms with Gasteiger partial charge in [0.15, 0.2) is 0 Å². The van der Waals surface area contributed by atoms with Gasteiger partial charge in [-0.2, -0.15) is 11.6 Å². The van der Waals surface area contributed by atoms with Crippen LogP contribution in [0.2, 0.25) is 0 Å². The zero-order valence-corrected chi connectivity index (χ0v) is 9.65. The average Bonchev–Trinajstić information content (AvgIpc) is 2.13. The van der Waals surface area contributed by atoms with Crippen molar-refractivity contribution in [1.82, 2.24) is 0 Å². The molecule has 0 fully saturated rings. The molecule has 0 amide bonds. The van der Waals surface area contributed by atoms with Crippen LogP contribution in [-0.2, 0) is 0 Å². The van der Waals surface area contributed by atoms with E-state index in [0.29, 0.717) is 5.57 Å². The molecule has 0 heterocycles. The van der Waals surface area contributed by atoms with E-state index in [4.69, 9.17) is 17.3 Å². The van der Waals surface area contributed by atoms with Crippen molar-refractivity contribution >= 4 is 11.6 Å². The maximum atomic E-state index is 13.1. The van der Waals surface area contributed by atoms with E-state index in [1.54, 1.807) is 12.5 Å². The van der Waals surface area contributed by atoms with Gasteiger partial charge in [0, 0.05) is 11.9 Å². The summed E-state index contributed by atoms with van der Waals surface area (Å²) in [6.45, 7) is 5.58. The van der Waals surface area contributed by atoms with Crippen molar-refractivity contribution in [2.24, 2.45) is 5.73 Å². The molecule has 0 saturated heterocycles. The van der Waals surface area contributed by atoms with Gasteiger partial charge in [0.25, 0.3) is 0 Å². The molecule has 2 N–H and O–H groups in total. The molecule has 15 heavy (non-hydrogen) atoms. The Morgan fingerprint density at radius 1 is 1.67 bits per heavy atom. The maximum Gasteiger partial charge on any atom is 0.0337 e. The van der Waals surface area contributed by atoms with Crippen LogP contribution in [-0.4, -0.2) is 6.04 Å². The quantitative estimate of drug-likeness (QED) is 0.731. The van der Waals surface area contributed by atoms with E-state index in [9.17, 15) is 4.39 Å². The SMILES string of the molecule is C=C1C=C(CCC[C@H](C)N)[CH-]C(Cl)=C1F. The van der Waals surface area contributed by atoms with Gasteiger partial charge in [-0.3, -0.25) is 4.39 Å². The Hall–Kier alpha value is -0.730. The Balaban J connectivity index is 2.46. The minimum absolute atomic E-state index is 0.151. The fraction of sp³-hybridized carbons (Fsp3) is 0.417. The van der Waals surface area contributed by atoms with Crippen LogP contribution in [0.1, 0.15) is 26.2 Å². The van der Waals surface area contributed by atoms with E-state index in [0.717, 1.165) is 24.8 Å². The van der Waals surface area contributed by atoms with Gasteiger partial charge < -0.3 is 5.73 Å². The van der Waals surface area contributed by atoms with Crippen molar-refractivity contribution in [1.29, 1.82) is 0 Å². The van der Waals surface area contributed by atoms with Gasteiger partial charge >= 0.3 is 0 Å².